The lowest BCUT2D eigenvalue weighted by molar-refractivity contribution is 0.148. The summed E-state index contributed by atoms with van der Waals surface area (Å²) in [5, 5.41) is 0.377. The minimum atomic E-state index is -2.60. The average molecular weight is 272 g/mol. The molecule has 0 N–H and O–H groups in total. The fraction of sp³-hybridized carbons (Fsp3) is 0.462. The van der Waals surface area contributed by atoms with Gasteiger partial charge in [0.05, 0.1) is 5.54 Å². The summed E-state index contributed by atoms with van der Waals surface area (Å²) in [7, 11) is 0. The molecule has 0 bridgehead atoms. The maximum absolute atomic E-state index is 13.0. The molecular weight excluding hydrogens is 260 g/mol. The minimum absolute atomic E-state index is 0.0969. The molecule has 0 radical (unpaired) electrons. The van der Waals surface area contributed by atoms with E-state index in [2.05, 4.69) is 4.99 Å². The standard InChI is InChI=1S/C13H12ClF2NO/c14-9-3-4-10(12(15)16)11(7-9)13(17-8-18)5-1-2-6-13/h3-4,7,12H,1-2,5-6H2. The third-order valence-electron chi connectivity index (χ3n) is 3.44. The Bertz CT molecular complexity index is 492. The summed E-state index contributed by atoms with van der Waals surface area (Å²) in [5.41, 5.74) is -0.593. The van der Waals surface area contributed by atoms with Crippen LogP contribution in [-0.2, 0) is 10.3 Å². The molecule has 0 aromatic heterocycles. The normalized spacial score (nSPS) is 17.8. The van der Waals surface area contributed by atoms with Gasteiger partial charge in [-0.3, -0.25) is 0 Å². The highest BCUT2D eigenvalue weighted by Gasteiger charge is 2.38. The van der Waals surface area contributed by atoms with Crippen molar-refractivity contribution < 1.29 is 13.6 Å². The van der Waals surface area contributed by atoms with E-state index in [0.29, 0.717) is 23.4 Å². The van der Waals surface area contributed by atoms with Crippen molar-refractivity contribution in [2.45, 2.75) is 37.6 Å². The largest absolute Gasteiger partial charge is 0.264 e. The number of carbonyl (C=O) groups excluding carboxylic acids is 1. The van der Waals surface area contributed by atoms with Crippen molar-refractivity contribution in [2.75, 3.05) is 0 Å². The molecule has 1 aliphatic carbocycles. The van der Waals surface area contributed by atoms with Crippen molar-refractivity contribution in [3.63, 3.8) is 0 Å². The van der Waals surface area contributed by atoms with Gasteiger partial charge in [-0.2, -0.15) is 4.99 Å². The number of alkyl halides is 2. The van der Waals surface area contributed by atoms with Crippen LogP contribution in [0.3, 0.4) is 0 Å². The Labute approximate surface area is 109 Å². The van der Waals surface area contributed by atoms with Crippen molar-refractivity contribution in [3.05, 3.63) is 34.3 Å². The first-order chi connectivity index (χ1) is 8.59. The Morgan fingerprint density at radius 2 is 2.00 bits per heavy atom. The minimum Gasteiger partial charge on any atom is -0.211 e. The second-order valence-electron chi connectivity index (χ2n) is 4.47. The van der Waals surface area contributed by atoms with E-state index in [1.807, 2.05) is 0 Å². The van der Waals surface area contributed by atoms with Crippen molar-refractivity contribution in [3.8, 4) is 0 Å². The Hall–Kier alpha value is -1.25. The lowest BCUT2D eigenvalue weighted by atomic mass is 9.85. The molecule has 0 saturated heterocycles. The molecule has 18 heavy (non-hydrogen) atoms. The van der Waals surface area contributed by atoms with Crippen LogP contribution in [0.5, 0.6) is 0 Å². The highest BCUT2D eigenvalue weighted by Crippen LogP contribution is 2.45. The van der Waals surface area contributed by atoms with Crippen LogP contribution >= 0.6 is 11.6 Å². The van der Waals surface area contributed by atoms with Crippen molar-refractivity contribution in [2.24, 2.45) is 4.99 Å². The third kappa shape index (κ3) is 2.31. The quantitative estimate of drug-likeness (QED) is 0.592. The van der Waals surface area contributed by atoms with Crippen LogP contribution in [0.2, 0.25) is 5.02 Å². The van der Waals surface area contributed by atoms with E-state index >= 15 is 0 Å². The van der Waals surface area contributed by atoms with Gasteiger partial charge in [0.25, 0.3) is 6.43 Å². The van der Waals surface area contributed by atoms with Gasteiger partial charge in [0.1, 0.15) is 0 Å². The van der Waals surface area contributed by atoms with Gasteiger partial charge in [-0.05, 0) is 30.5 Å². The first kappa shape index (κ1) is 13.2. The predicted octanol–water partition coefficient (Wildman–Crippen LogP) is 4.38. The van der Waals surface area contributed by atoms with Crippen molar-refractivity contribution in [1.82, 2.24) is 0 Å². The topological polar surface area (TPSA) is 29.4 Å². The molecule has 96 valence electrons. The summed E-state index contributed by atoms with van der Waals surface area (Å²) in [6.45, 7) is 0. The van der Waals surface area contributed by atoms with Crippen LogP contribution in [0, 0.1) is 0 Å². The number of benzene rings is 1. The van der Waals surface area contributed by atoms with Crippen LogP contribution in [0.25, 0.3) is 0 Å². The van der Waals surface area contributed by atoms with E-state index < -0.39 is 12.0 Å². The zero-order valence-electron chi connectivity index (χ0n) is 9.63. The fourth-order valence-electron chi connectivity index (χ4n) is 2.61. The Kier molecular flexibility index (Phi) is 3.79. The fourth-order valence-corrected chi connectivity index (χ4v) is 2.78. The molecule has 1 fully saturated rings. The molecule has 1 saturated carbocycles. The molecule has 1 aliphatic rings. The number of rotatable bonds is 3. The summed E-state index contributed by atoms with van der Waals surface area (Å²) >= 11 is 5.88. The highest BCUT2D eigenvalue weighted by atomic mass is 35.5. The summed E-state index contributed by atoms with van der Waals surface area (Å²) in [6.07, 6.45) is 1.82. The van der Waals surface area contributed by atoms with Crippen molar-refractivity contribution >= 4 is 17.7 Å². The van der Waals surface area contributed by atoms with Crippen LogP contribution < -0.4 is 0 Å². The van der Waals surface area contributed by atoms with Gasteiger partial charge in [-0.25, -0.2) is 13.6 Å². The van der Waals surface area contributed by atoms with Gasteiger partial charge in [0.15, 0.2) is 0 Å². The molecule has 0 spiro atoms. The van der Waals surface area contributed by atoms with Gasteiger partial charge in [-0.15, -0.1) is 0 Å². The van der Waals surface area contributed by atoms with Gasteiger partial charge in [-0.1, -0.05) is 30.5 Å². The van der Waals surface area contributed by atoms with Crippen LogP contribution in [0.1, 0.15) is 43.2 Å². The van der Waals surface area contributed by atoms with Gasteiger partial charge in [0.2, 0.25) is 6.08 Å². The molecule has 0 atom stereocenters. The van der Waals surface area contributed by atoms with E-state index in [-0.39, 0.29) is 5.56 Å². The van der Waals surface area contributed by atoms with Crippen LogP contribution in [0.15, 0.2) is 23.2 Å². The maximum atomic E-state index is 13.0. The second kappa shape index (κ2) is 5.17. The zero-order chi connectivity index (χ0) is 13.2. The molecule has 1 aromatic carbocycles. The van der Waals surface area contributed by atoms with E-state index in [1.165, 1.54) is 24.3 Å². The van der Waals surface area contributed by atoms with Gasteiger partial charge < -0.3 is 0 Å². The van der Waals surface area contributed by atoms with Crippen LogP contribution in [0.4, 0.5) is 8.78 Å². The molecular formula is C13H12ClF2NO. The Morgan fingerprint density at radius 1 is 1.33 bits per heavy atom. The molecule has 2 rings (SSSR count). The lowest BCUT2D eigenvalue weighted by Gasteiger charge is -2.25. The van der Waals surface area contributed by atoms with Gasteiger partial charge in [0, 0.05) is 10.6 Å². The summed E-state index contributed by atoms with van der Waals surface area (Å²) in [4.78, 5) is 14.4. The number of isocyanates is 1. The molecule has 0 heterocycles. The number of halogens is 3. The van der Waals surface area contributed by atoms with E-state index in [1.54, 1.807) is 0 Å². The Morgan fingerprint density at radius 3 is 2.56 bits per heavy atom. The number of aliphatic imine (C=N–C) groups is 1. The molecule has 0 aliphatic heterocycles. The lowest BCUT2D eigenvalue weighted by Crippen LogP contribution is -2.21. The number of nitrogens with zero attached hydrogens (tertiary/aromatic N) is 1. The third-order valence-corrected chi connectivity index (χ3v) is 3.68. The molecule has 5 heteroatoms. The molecule has 1 aromatic rings. The molecule has 0 unspecified atom stereocenters. The monoisotopic (exact) mass is 271 g/mol. The van der Waals surface area contributed by atoms with E-state index in [4.69, 9.17) is 11.6 Å². The smallest absolute Gasteiger partial charge is 0.211 e. The zero-order valence-corrected chi connectivity index (χ0v) is 10.4. The van der Waals surface area contributed by atoms with Crippen LogP contribution in [-0.4, -0.2) is 6.08 Å². The summed E-state index contributed by atoms with van der Waals surface area (Å²) in [6, 6.07) is 4.23. The number of hydrogen-bond acceptors (Lipinski definition) is 2. The van der Waals surface area contributed by atoms with Crippen molar-refractivity contribution in [1.29, 1.82) is 0 Å². The first-order valence-corrected chi connectivity index (χ1v) is 6.14. The molecule has 2 nitrogen and oxygen atoms in total. The number of hydrogen-bond donors (Lipinski definition) is 0. The maximum Gasteiger partial charge on any atom is 0.264 e. The highest BCUT2D eigenvalue weighted by molar-refractivity contribution is 6.30. The predicted molar refractivity (Wildman–Crippen MR) is 64.7 cm³/mol. The summed E-state index contributed by atoms with van der Waals surface area (Å²) in [5.74, 6) is 0. The average Bonchev–Trinajstić information content (AvgIpc) is 2.79. The molecule has 0 amide bonds. The first-order valence-electron chi connectivity index (χ1n) is 5.76. The second-order valence-corrected chi connectivity index (χ2v) is 4.91. The SMILES string of the molecule is O=C=NC1(c2cc(Cl)ccc2C(F)F)CCCC1. The van der Waals surface area contributed by atoms with E-state index in [0.717, 1.165) is 12.8 Å². The Balaban J connectivity index is 2.59. The summed E-state index contributed by atoms with van der Waals surface area (Å²) < 4.78 is 26.1. The van der Waals surface area contributed by atoms with Gasteiger partial charge >= 0.3 is 0 Å². The van der Waals surface area contributed by atoms with E-state index in [9.17, 15) is 13.6 Å².